The second kappa shape index (κ2) is 5.30. The van der Waals surface area contributed by atoms with E-state index < -0.39 is 0 Å². The number of nitrogens with zero attached hydrogens (tertiary/aromatic N) is 2. The van der Waals surface area contributed by atoms with Crippen LogP contribution in [-0.4, -0.2) is 15.3 Å². The van der Waals surface area contributed by atoms with Crippen molar-refractivity contribution in [1.82, 2.24) is 9.55 Å². The van der Waals surface area contributed by atoms with Gasteiger partial charge in [0, 0.05) is 10.0 Å². The third kappa shape index (κ3) is 2.44. The summed E-state index contributed by atoms with van der Waals surface area (Å²) in [6.45, 7) is 0.00130. The first kappa shape index (κ1) is 13.2. The standard InChI is InChI=1S/C14H9BrN2O2S/c15-10-3-1-9(2-4-10)12(18)7-17-8-16-11-5-6-20-13(11)14(17)19/h1-6,8H,7H2. The van der Waals surface area contributed by atoms with Crippen molar-refractivity contribution in [3.05, 3.63) is 62.4 Å². The number of fused-ring (bicyclic) bond motifs is 1. The number of aromatic nitrogens is 2. The van der Waals surface area contributed by atoms with Crippen molar-refractivity contribution < 1.29 is 4.79 Å². The predicted octanol–water partition coefficient (Wildman–Crippen LogP) is 3.10. The van der Waals surface area contributed by atoms with Gasteiger partial charge in [0.25, 0.3) is 5.56 Å². The number of carbonyl (C=O) groups excluding carboxylic acids is 1. The van der Waals surface area contributed by atoms with Crippen molar-refractivity contribution in [3.63, 3.8) is 0 Å². The van der Waals surface area contributed by atoms with Gasteiger partial charge in [-0.25, -0.2) is 4.98 Å². The number of thiophene rings is 1. The molecular weight excluding hydrogens is 340 g/mol. The number of halogens is 1. The Kier molecular flexibility index (Phi) is 3.50. The molecule has 0 amide bonds. The average molecular weight is 349 g/mol. The molecule has 100 valence electrons. The summed E-state index contributed by atoms with van der Waals surface area (Å²) in [7, 11) is 0. The quantitative estimate of drug-likeness (QED) is 0.683. The van der Waals surface area contributed by atoms with Crippen LogP contribution in [0.5, 0.6) is 0 Å². The van der Waals surface area contributed by atoms with Crippen LogP contribution < -0.4 is 5.56 Å². The van der Waals surface area contributed by atoms with E-state index in [0.717, 1.165) is 4.47 Å². The molecule has 3 rings (SSSR count). The Hall–Kier alpha value is -1.79. The van der Waals surface area contributed by atoms with Gasteiger partial charge in [0.1, 0.15) is 4.70 Å². The van der Waals surface area contributed by atoms with Gasteiger partial charge in [-0.15, -0.1) is 11.3 Å². The molecule has 0 saturated carbocycles. The molecule has 20 heavy (non-hydrogen) atoms. The maximum Gasteiger partial charge on any atom is 0.271 e. The molecule has 0 unspecified atom stereocenters. The first-order valence-electron chi connectivity index (χ1n) is 5.86. The smallest absolute Gasteiger partial charge is 0.271 e. The van der Waals surface area contributed by atoms with E-state index in [1.807, 2.05) is 5.38 Å². The number of carbonyl (C=O) groups is 1. The second-order valence-electron chi connectivity index (χ2n) is 4.24. The highest BCUT2D eigenvalue weighted by molar-refractivity contribution is 9.10. The molecule has 0 fully saturated rings. The highest BCUT2D eigenvalue weighted by atomic mass is 79.9. The van der Waals surface area contributed by atoms with E-state index in [2.05, 4.69) is 20.9 Å². The van der Waals surface area contributed by atoms with Gasteiger partial charge in [-0.05, 0) is 23.6 Å². The summed E-state index contributed by atoms with van der Waals surface area (Å²) in [5.41, 5.74) is 1.08. The zero-order chi connectivity index (χ0) is 14.1. The lowest BCUT2D eigenvalue weighted by atomic mass is 10.1. The molecule has 0 atom stereocenters. The van der Waals surface area contributed by atoms with E-state index >= 15 is 0 Å². The van der Waals surface area contributed by atoms with E-state index in [0.29, 0.717) is 15.8 Å². The van der Waals surface area contributed by atoms with Gasteiger partial charge in [-0.3, -0.25) is 14.2 Å². The number of ketones is 1. The molecular formula is C14H9BrN2O2S. The van der Waals surface area contributed by atoms with Gasteiger partial charge >= 0.3 is 0 Å². The fraction of sp³-hybridized carbons (Fsp3) is 0.0714. The summed E-state index contributed by atoms with van der Waals surface area (Å²) in [6, 6.07) is 8.86. The summed E-state index contributed by atoms with van der Waals surface area (Å²) in [4.78, 5) is 28.5. The molecule has 0 aliphatic rings. The van der Waals surface area contributed by atoms with E-state index in [1.54, 1.807) is 30.3 Å². The zero-order valence-electron chi connectivity index (χ0n) is 10.2. The molecule has 0 saturated heterocycles. The third-order valence-electron chi connectivity index (χ3n) is 2.92. The number of hydrogen-bond donors (Lipinski definition) is 0. The van der Waals surface area contributed by atoms with Gasteiger partial charge in [0.15, 0.2) is 5.78 Å². The molecule has 2 aromatic heterocycles. The van der Waals surface area contributed by atoms with Crippen molar-refractivity contribution >= 4 is 43.3 Å². The van der Waals surface area contributed by atoms with E-state index in [9.17, 15) is 9.59 Å². The molecule has 0 N–H and O–H groups in total. The molecule has 0 aliphatic heterocycles. The topological polar surface area (TPSA) is 52.0 Å². The minimum absolute atomic E-state index is 0.00130. The second-order valence-corrected chi connectivity index (χ2v) is 6.07. The van der Waals surface area contributed by atoms with Gasteiger partial charge in [0.05, 0.1) is 18.4 Å². The zero-order valence-corrected chi connectivity index (χ0v) is 12.6. The lowest BCUT2D eigenvalue weighted by molar-refractivity contribution is 0.0970. The largest absolute Gasteiger partial charge is 0.292 e. The van der Waals surface area contributed by atoms with Crippen molar-refractivity contribution in [2.75, 3.05) is 0 Å². The van der Waals surface area contributed by atoms with E-state index in [1.165, 1.54) is 22.2 Å². The Bertz CT molecular complexity index is 836. The summed E-state index contributed by atoms with van der Waals surface area (Å²) < 4.78 is 2.84. The third-order valence-corrected chi connectivity index (χ3v) is 4.34. The van der Waals surface area contributed by atoms with Gasteiger partial charge < -0.3 is 0 Å². The Morgan fingerprint density at radius 2 is 2.00 bits per heavy atom. The van der Waals surface area contributed by atoms with Crippen LogP contribution in [0.4, 0.5) is 0 Å². The Labute approximate surface area is 126 Å². The Morgan fingerprint density at radius 1 is 1.25 bits per heavy atom. The van der Waals surface area contributed by atoms with Crippen LogP contribution in [0.1, 0.15) is 10.4 Å². The molecule has 0 bridgehead atoms. The molecule has 3 aromatic rings. The van der Waals surface area contributed by atoms with Crippen molar-refractivity contribution in [2.24, 2.45) is 0 Å². The highest BCUT2D eigenvalue weighted by Crippen LogP contribution is 2.14. The summed E-state index contributed by atoms with van der Waals surface area (Å²) >= 11 is 4.66. The first-order valence-corrected chi connectivity index (χ1v) is 7.54. The maximum atomic E-state index is 12.2. The van der Waals surface area contributed by atoms with Crippen molar-refractivity contribution in [2.45, 2.75) is 6.54 Å². The SMILES string of the molecule is O=C(Cn1cnc2ccsc2c1=O)c1ccc(Br)cc1. The number of rotatable bonds is 3. The monoisotopic (exact) mass is 348 g/mol. The minimum atomic E-state index is -0.171. The van der Waals surface area contributed by atoms with Gasteiger partial charge in [0.2, 0.25) is 0 Å². The molecule has 0 spiro atoms. The van der Waals surface area contributed by atoms with Crippen LogP contribution in [0, 0.1) is 0 Å². The lowest BCUT2D eigenvalue weighted by Gasteiger charge is -2.04. The Balaban J connectivity index is 1.93. The number of benzene rings is 1. The average Bonchev–Trinajstić information content (AvgIpc) is 2.92. The molecule has 1 aromatic carbocycles. The molecule has 6 heteroatoms. The molecule has 0 radical (unpaired) electrons. The van der Waals surface area contributed by atoms with Crippen molar-refractivity contribution in [1.29, 1.82) is 0 Å². The molecule has 2 heterocycles. The van der Waals surface area contributed by atoms with Crippen LogP contribution in [-0.2, 0) is 6.54 Å². The Morgan fingerprint density at radius 3 is 2.75 bits per heavy atom. The maximum absolute atomic E-state index is 12.2. The summed E-state index contributed by atoms with van der Waals surface area (Å²) in [5, 5.41) is 1.82. The summed E-state index contributed by atoms with van der Waals surface area (Å²) in [5.74, 6) is -0.114. The predicted molar refractivity (Wildman–Crippen MR) is 82.4 cm³/mol. The molecule has 4 nitrogen and oxygen atoms in total. The fourth-order valence-electron chi connectivity index (χ4n) is 1.87. The summed E-state index contributed by atoms with van der Waals surface area (Å²) in [6.07, 6.45) is 1.42. The lowest BCUT2D eigenvalue weighted by Crippen LogP contribution is -2.24. The number of hydrogen-bond acceptors (Lipinski definition) is 4. The van der Waals surface area contributed by atoms with E-state index in [-0.39, 0.29) is 17.9 Å². The van der Waals surface area contributed by atoms with Crippen LogP contribution in [0.3, 0.4) is 0 Å². The van der Waals surface area contributed by atoms with Crippen LogP contribution in [0.2, 0.25) is 0 Å². The van der Waals surface area contributed by atoms with Gasteiger partial charge in [-0.1, -0.05) is 28.1 Å². The minimum Gasteiger partial charge on any atom is -0.292 e. The first-order chi connectivity index (χ1) is 9.65. The highest BCUT2D eigenvalue weighted by Gasteiger charge is 2.10. The fourth-order valence-corrected chi connectivity index (χ4v) is 2.93. The van der Waals surface area contributed by atoms with Gasteiger partial charge in [-0.2, -0.15) is 0 Å². The number of Topliss-reactive ketones (excluding diaryl/α,β-unsaturated/α-hetero) is 1. The molecule has 0 aliphatic carbocycles. The van der Waals surface area contributed by atoms with E-state index in [4.69, 9.17) is 0 Å². The van der Waals surface area contributed by atoms with Crippen LogP contribution in [0.25, 0.3) is 10.2 Å². The van der Waals surface area contributed by atoms with Crippen molar-refractivity contribution in [3.8, 4) is 0 Å². The normalized spacial score (nSPS) is 10.8. The van der Waals surface area contributed by atoms with Crippen LogP contribution >= 0.6 is 27.3 Å². The van der Waals surface area contributed by atoms with Crippen LogP contribution in [0.15, 0.2) is 51.3 Å².